The van der Waals surface area contributed by atoms with E-state index in [0.717, 1.165) is 12.0 Å². The number of rotatable bonds is 4. The van der Waals surface area contributed by atoms with Gasteiger partial charge in [0.05, 0.1) is 19.6 Å². The molecule has 0 radical (unpaired) electrons. The smallest absolute Gasteiger partial charge is 0.311 e. The SMILES string of the molecule is COC(=O)[C@H]1CN(C(=O)CN2CCCC2=O)C[C@@H]1c1ccc(F)cc1. The van der Waals surface area contributed by atoms with Crippen LogP contribution in [0.25, 0.3) is 0 Å². The molecule has 2 amide bonds. The van der Waals surface area contributed by atoms with E-state index in [1.807, 2.05) is 0 Å². The van der Waals surface area contributed by atoms with Crippen LogP contribution in [0.2, 0.25) is 0 Å². The Morgan fingerprint density at radius 1 is 1.24 bits per heavy atom. The van der Waals surface area contributed by atoms with E-state index in [9.17, 15) is 18.8 Å². The Balaban J connectivity index is 1.74. The third kappa shape index (κ3) is 3.65. The minimum Gasteiger partial charge on any atom is -0.469 e. The molecule has 2 heterocycles. The highest BCUT2D eigenvalue weighted by atomic mass is 19.1. The van der Waals surface area contributed by atoms with Gasteiger partial charge in [0, 0.05) is 32.0 Å². The van der Waals surface area contributed by atoms with Gasteiger partial charge in [0.15, 0.2) is 0 Å². The highest BCUT2D eigenvalue weighted by molar-refractivity contribution is 5.87. The lowest BCUT2D eigenvalue weighted by molar-refractivity contribution is -0.145. The highest BCUT2D eigenvalue weighted by Crippen LogP contribution is 2.34. The average Bonchev–Trinajstić information content (AvgIpc) is 3.22. The van der Waals surface area contributed by atoms with Crippen LogP contribution in [0.3, 0.4) is 0 Å². The van der Waals surface area contributed by atoms with E-state index >= 15 is 0 Å². The Morgan fingerprint density at radius 2 is 1.96 bits per heavy atom. The molecule has 3 rings (SSSR count). The molecule has 2 fully saturated rings. The summed E-state index contributed by atoms with van der Waals surface area (Å²) in [6.45, 7) is 1.24. The van der Waals surface area contributed by atoms with E-state index in [1.165, 1.54) is 19.2 Å². The van der Waals surface area contributed by atoms with Crippen LogP contribution in [0.4, 0.5) is 4.39 Å². The Hall–Kier alpha value is -2.44. The zero-order chi connectivity index (χ0) is 18.0. The number of likely N-dealkylation sites (tertiary alicyclic amines) is 2. The molecule has 25 heavy (non-hydrogen) atoms. The zero-order valence-corrected chi connectivity index (χ0v) is 14.1. The summed E-state index contributed by atoms with van der Waals surface area (Å²) in [6, 6.07) is 5.95. The third-order valence-corrected chi connectivity index (χ3v) is 4.97. The van der Waals surface area contributed by atoms with Gasteiger partial charge in [-0.1, -0.05) is 12.1 Å². The standard InChI is InChI=1S/C18H21FN2O4/c1-25-18(24)15-10-21(17(23)11-20-8-2-3-16(20)22)9-14(15)12-4-6-13(19)7-5-12/h4-7,14-15H,2-3,8-11H2,1H3/t14-,15+/m1/s1. The van der Waals surface area contributed by atoms with Gasteiger partial charge in [0.1, 0.15) is 5.82 Å². The molecule has 0 spiro atoms. The summed E-state index contributed by atoms with van der Waals surface area (Å²) in [5.74, 6) is -1.65. The molecule has 2 atom stereocenters. The maximum atomic E-state index is 13.2. The fourth-order valence-corrected chi connectivity index (χ4v) is 3.58. The predicted octanol–water partition coefficient (Wildman–Crippen LogP) is 1.16. The van der Waals surface area contributed by atoms with E-state index in [4.69, 9.17) is 4.74 Å². The molecule has 7 heteroatoms. The summed E-state index contributed by atoms with van der Waals surface area (Å²) in [7, 11) is 1.32. The van der Waals surface area contributed by atoms with Crippen molar-refractivity contribution in [2.45, 2.75) is 18.8 Å². The molecule has 0 saturated carbocycles. The van der Waals surface area contributed by atoms with E-state index in [0.29, 0.717) is 19.5 Å². The molecule has 1 aromatic rings. The number of esters is 1. The van der Waals surface area contributed by atoms with Gasteiger partial charge in [0.2, 0.25) is 11.8 Å². The fraction of sp³-hybridized carbons (Fsp3) is 0.500. The first-order valence-corrected chi connectivity index (χ1v) is 8.38. The maximum absolute atomic E-state index is 13.2. The lowest BCUT2D eigenvalue weighted by Gasteiger charge is -2.21. The van der Waals surface area contributed by atoms with Gasteiger partial charge >= 0.3 is 5.97 Å². The Kier molecular flexibility index (Phi) is 5.01. The predicted molar refractivity (Wildman–Crippen MR) is 87.0 cm³/mol. The van der Waals surface area contributed by atoms with Crippen molar-refractivity contribution in [3.05, 3.63) is 35.6 Å². The number of ether oxygens (including phenoxy) is 1. The second-order valence-corrected chi connectivity index (χ2v) is 6.51. The van der Waals surface area contributed by atoms with Crippen LogP contribution in [-0.4, -0.2) is 60.9 Å². The lowest BCUT2D eigenvalue weighted by atomic mass is 9.89. The van der Waals surface area contributed by atoms with Crippen LogP contribution in [-0.2, 0) is 19.1 Å². The molecule has 0 bridgehead atoms. The van der Waals surface area contributed by atoms with E-state index < -0.39 is 5.92 Å². The van der Waals surface area contributed by atoms with Gasteiger partial charge in [-0.15, -0.1) is 0 Å². The minimum absolute atomic E-state index is 0.00727. The molecule has 1 aromatic carbocycles. The molecular formula is C18H21FN2O4. The fourth-order valence-electron chi connectivity index (χ4n) is 3.58. The molecule has 6 nitrogen and oxygen atoms in total. The van der Waals surface area contributed by atoms with Crippen LogP contribution >= 0.6 is 0 Å². The number of halogens is 1. The van der Waals surface area contributed by atoms with Gasteiger partial charge in [-0.3, -0.25) is 14.4 Å². The van der Waals surface area contributed by atoms with Gasteiger partial charge in [-0.25, -0.2) is 4.39 Å². The summed E-state index contributed by atoms with van der Waals surface area (Å²) in [5.41, 5.74) is 0.796. The number of carbonyl (C=O) groups is 3. The molecule has 134 valence electrons. The first-order chi connectivity index (χ1) is 12.0. The minimum atomic E-state index is -0.492. The van der Waals surface area contributed by atoms with Crippen molar-refractivity contribution in [1.29, 1.82) is 0 Å². The largest absolute Gasteiger partial charge is 0.469 e. The van der Waals surface area contributed by atoms with Crippen molar-refractivity contribution in [1.82, 2.24) is 9.80 Å². The molecule has 0 N–H and O–H groups in total. The third-order valence-electron chi connectivity index (χ3n) is 4.97. The zero-order valence-electron chi connectivity index (χ0n) is 14.1. The van der Waals surface area contributed by atoms with Gasteiger partial charge in [-0.05, 0) is 24.1 Å². The second kappa shape index (κ2) is 7.21. The Bertz CT molecular complexity index is 676. The summed E-state index contributed by atoms with van der Waals surface area (Å²) < 4.78 is 18.0. The normalized spacial score (nSPS) is 23.2. The van der Waals surface area contributed by atoms with Gasteiger partial charge in [0.25, 0.3) is 0 Å². The summed E-state index contributed by atoms with van der Waals surface area (Å²) >= 11 is 0. The van der Waals surface area contributed by atoms with E-state index in [-0.39, 0.29) is 42.6 Å². The first kappa shape index (κ1) is 17.4. The highest BCUT2D eigenvalue weighted by Gasteiger charge is 2.41. The first-order valence-electron chi connectivity index (χ1n) is 8.38. The number of benzene rings is 1. The summed E-state index contributed by atoms with van der Waals surface area (Å²) in [6.07, 6.45) is 1.26. The molecular weight excluding hydrogens is 327 g/mol. The van der Waals surface area contributed by atoms with Crippen molar-refractivity contribution in [2.24, 2.45) is 5.92 Å². The molecule has 0 unspecified atom stereocenters. The van der Waals surface area contributed by atoms with Crippen molar-refractivity contribution in [3.8, 4) is 0 Å². The topological polar surface area (TPSA) is 66.9 Å². The number of hydrogen-bond donors (Lipinski definition) is 0. The molecule has 2 aliphatic rings. The van der Waals surface area contributed by atoms with Gasteiger partial charge in [-0.2, -0.15) is 0 Å². The number of carbonyl (C=O) groups excluding carboxylic acids is 3. The number of amides is 2. The maximum Gasteiger partial charge on any atom is 0.311 e. The number of methoxy groups -OCH3 is 1. The summed E-state index contributed by atoms with van der Waals surface area (Å²) in [4.78, 5) is 39.5. The van der Waals surface area contributed by atoms with Crippen LogP contribution in [0.5, 0.6) is 0 Å². The Labute approximate surface area is 145 Å². The summed E-state index contributed by atoms with van der Waals surface area (Å²) in [5, 5.41) is 0. The van der Waals surface area contributed by atoms with Crippen LogP contribution < -0.4 is 0 Å². The molecule has 2 aliphatic heterocycles. The quantitative estimate of drug-likeness (QED) is 0.766. The lowest BCUT2D eigenvalue weighted by Crippen LogP contribution is -2.40. The molecule has 2 saturated heterocycles. The van der Waals surface area contributed by atoms with Crippen molar-refractivity contribution in [3.63, 3.8) is 0 Å². The molecule has 0 aromatic heterocycles. The van der Waals surface area contributed by atoms with Crippen molar-refractivity contribution in [2.75, 3.05) is 33.3 Å². The van der Waals surface area contributed by atoms with E-state index in [2.05, 4.69) is 0 Å². The van der Waals surface area contributed by atoms with Crippen LogP contribution in [0, 0.1) is 11.7 Å². The van der Waals surface area contributed by atoms with Crippen molar-refractivity contribution < 1.29 is 23.5 Å². The van der Waals surface area contributed by atoms with Crippen LogP contribution in [0.15, 0.2) is 24.3 Å². The number of hydrogen-bond acceptors (Lipinski definition) is 4. The van der Waals surface area contributed by atoms with E-state index in [1.54, 1.807) is 21.9 Å². The molecule has 0 aliphatic carbocycles. The monoisotopic (exact) mass is 348 g/mol. The van der Waals surface area contributed by atoms with Crippen LogP contribution in [0.1, 0.15) is 24.3 Å². The van der Waals surface area contributed by atoms with Crippen molar-refractivity contribution >= 4 is 17.8 Å². The average molecular weight is 348 g/mol. The second-order valence-electron chi connectivity index (χ2n) is 6.51. The Morgan fingerprint density at radius 3 is 2.56 bits per heavy atom. The number of nitrogens with zero attached hydrogens (tertiary/aromatic N) is 2. The van der Waals surface area contributed by atoms with Gasteiger partial charge < -0.3 is 14.5 Å².